The summed E-state index contributed by atoms with van der Waals surface area (Å²) < 4.78 is 5.15. The van der Waals surface area contributed by atoms with Crippen molar-refractivity contribution in [1.82, 2.24) is 4.90 Å². The van der Waals surface area contributed by atoms with Gasteiger partial charge in [0.1, 0.15) is 0 Å². The topological polar surface area (TPSA) is 49.8 Å². The third-order valence-corrected chi connectivity index (χ3v) is 3.35. The summed E-state index contributed by atoms with van der Waals surface area (Å²) >= 11 is 0. The number of carbonyl (C=O) groups excluding carboxylic acids is 1. The fourth-order valence-electron chi connectivity index (χ4n) is 2.13. The third kappa shape index (κ3) is 7.90. The van der Waals surface area contributed by atoms with Gasteiger partial charge in [0.05, 0.1) is 12.4 Å². The number of rotatable bonds is 8. The van der Waals surface area contributed by atoms with E-state index in [1.165, 1.54) is 6.26 Å². The molecule has 21 heavy (non-hydrogen) atoms. The molecule has 2 atom stereocenters. The predicted octanol–water partition coefficient (Wildman–Crippen LogP) is 4.11. The van der Waals surface area contributed by atoms with Gasteiger partial charge >= 0.3 is 6.09 Å². The second-order valence-electron chi connectivity index (χ2n) is 5.88. The first kappa shape index (κ1) is 19.7. The predicted molar refractivity (Wildman–Crippen MR) is 87.0 cm³/mol. The minimum Gasteiger partial charge on any atom is -0.418 e. The fraction of sp³-hybridized carbons (Fsp3) is 0.706. The number of hydrogen-bond acceptors (Lipinski definition) is 3. The number of carbonyl (C=O) groups is 1. The lowest BCUT2D eigenvalue weighted by Crippen LogP contribution is -2.41. The molecular weight excluding hydrogens is 266 g/mol. The van der Waals surface area contributed by atoms with Crippen molar-refractivity contribution in [2.24, 2.45) is 5.92 Å². The van der Waals surface area contributed by atoms with Crippen LogP contribution < -0.4 is 0 Å². The highest BCUT2D eigenvalue weighted by molar-refractivity contribution is 5.68. The van der Waals surface area contributed by atoms with E-state index in [4.69, 9.17) is 4.74 Å². The number of aliphatic hydroxyl groups is 1. The first-order valence-electron chi connectivity index (χ1n) is 7.76. The van der Waals surface area contributed by atoms with Gasteiger partial charge in [0, 0.05) is 18.0 Å². The molecule has 1 amide bonds. The van der Waals surface area contributed by atoms with Crippen LogP contribution in [0.1, 0.15) is 54.4 Å². The molecule has 4 nitrogen and oxygen atoms in total. The van der Waals surface area contributed by atoms with Gasteiger partial charge in [-0.15, -0.1) is 0 Å². The van der Waals surface area contributed by atoms with Crippen molar-refractivity contribution in [2.75, 3.05) is 0 Å². The Morgan fingerprint density at radius 2 is 1.76 bits per heavy atom. The van der Waals surface area contributed by atoms with Crippen LogP contribution in [-0.2, 0) is 4.74 Å². The Hall–Kier alpha value is -1.29. The Balaban J connectivity index is 4.32. The summed E-state index contributed by atoms with van der Waals surface area (Å²) in [7, 11) is 0. The molecule has 0 aromatic carbocycles. The van der Waals surface area contributed by atoms with Gasteiger partial charge in [0.15, 0.2) is 0 Å². The molecule has 0 aromatic heterocycles. The lowest BCUT2D eigenvalue weighted by Gasteiger charge is -2.29. The summed E-state index contributed by atoms with van der Waals surface area (Å²) in [6, 6.07) is 0.185. The van der Waals surface area contributed by atoms with Crippen LogP contribution >= 0.6 is 0 Å². The minimum atomic E-state index is -0.428. The fourth-order valence-corrected chi connectivity index (χ4v) is 2.13. The number of nitrogens with zero attached hydrogens (tertiary/aromatic N) is 1. The van der Waals surface area contributed by atoms with Crippen LogP contribution in [0.3, 0.4) is 0 Å². The van der Waals surface area contributed by atoms with Crippen LogP contribution in [-0.4, -0.2) is 34.3 Å². The molecule has 0 aromatic rings. The first-order chi connectivity index (χ1) is 9.81. The van der Waals surface area contributed by atoms with Gasteiger partial charge in [-0.25, -0.2) is 4.79 Å². The lowest BCUT2D eigenvalue weighted by molar-refractivity contribution is 0.106. The summed E-state index contributed by atoms with van der Waals surface area (Å²) in [6.07, 6.45) is 7.90. The number of allylic oxidation sites excluding steroid dienone is 2. The smallest absolute Gasteiger partial charge is 0.415 e. The zero-order valence-corrected chi connectivity index (χ0v) is 14.2. The zero-order valence-electron chi connectivity index (χ0n) is 14.2. The SMILES string of the molecule is C/C=C/CC[C@@H](O)[C@@H](C)/C=C/OC(=O)N(C(C)C)C(C)C. The summed E-state index contributed by atoms with van der Waals surface area (Å²) in [5.74, 6) is -0.0467. The van der Waals surface area contributed by atoms with E-state index in [2.05, 4.69) is 0 Å². The van der Waals surface area contributed by atoms with E-state index in [0.29, 0.717) is 6.42 Å². The van der Waals surface area contributed by atoms with Crippen LogP contribution in [0.15, 0.2) is 24.5 Å². The third-order valence-electron chi connectivity index (χ3n) is 3.35. The van der Waals surface area contributed by atoms with Crippen LogP contribution in [0, 0.1) is 5.92 Å². The van der Waals surface area contributed by atoms with E-state index in [1.807, 2.05) is 53.7 Å². The Morgan fingerprint density at radius 1 is 1.19 bits per heavy atom. The highest BCUT2D eigenvalue weighted by Gasteiger charge is 2.20. The Morgan fingerprint density at radius 3 is 2.24 bits per heavy atom. The van der Waals surface area contributed by atoms with E-state index < -0.39 is 6.10 Å². The molecule has 0 saturated carbocycles. The maximum absolute atomic E-state index is 12.0. The number of ether oxygens (including phenoxy) is 1. The van der Waals surface area contributed by atoms with E-state index in [1.54, 1.807) is 11.0 Å². The van der Waals surface area contributed by atoms with E-state index >= 15 is 0 Å². The van der Waals surface area contributed by atoms with Crippen molar-refractivity contribution in [2.45, 2.75) is 72.6 Å². The molecule has 0 bridgehead atoms. The highest BCUT2D eigenvalue weighted by atomic mass is 16.5. The Kier molecular flexibility index (Phi) is 9.80. The van der Waals surface area contributed by atoms with Gasteiger partial charge in [-0.3, -0.25) is 0 Å². The van der Waals surface area contributed by atoms with Crippen LogP contribution in [0.25, 0.3) is 0 Å². The standard InChI is InChI=1S/C17H31NO3/c1-7-8-9-10-16(19)15(6)11-12-21-17(20)18(13(2)3)14(4)5/h7-8,11-16,19H,9-10H2,1-6H3/b8-7+,12-11+/t15-,16+/m0/s1. The van der Waals surface area contributed by atoms with Gasteiger partial charge in [-0.05, 0) is 53.5 Å². The first-order valence-corrected chi connectivity index (χ1v) is 7.76. The van der Waals surface area contributed by atoms with Crippen molar-refractivity contribution in [3.63, 3.8) is 0 Å². The van der Waals surface area contributed by atoms with Gasteiger partial charge < -0.3 is 14.7 Å². The quantitative estimate of drug-likeness (QED) is 0.542. The van der Waals surface area contributed by atoms with Gasteiger partial charge in [-0.1, -0.05) is 19.1 Å². The van der Waals surface area contributed by atoms with Crippen molar-refractivity contribution >= 4 is 6.09 Å². The molecule has 0 unspecified atom stereocenters. The van der Waals surface area contributed by atoms with Crippen LogP contribution in [0.5, 0.6) is 0 Å². The second-order valence-corrected chi connectivity index (χ2v) is 5.88. The molecule has 0 saturated heterocycles. The molecular formula is C17H31NO3. The highest BCUT2D eigenvalue weighted by Crippen LogP contribution is 2.12. The average Bonchev–Trinajstić information content (AvgIpc) is 2.37. The maximum atomic E-state index is 12.0. The maximum Gasteiger partial charge on any atom is 0.415 e. The Labute approximate surface area is 129 Å². The molecule has 0 spiro atoms. The largest absolute Gasteiger partial charge is 0.418 e. The van der Waals surface area contributed by atoms with Crippen LogP contribution in [0.2, 0.25) is 0 Å². The van der Waals surface area contributed by atoms with Crippen molar-refractivity contribution in [3.8, 4) is 0 Å². The monoisotopic (exact) mass is 297 g/mol. The number of hydrogen-bond donors (Lipinski definition) is 1. The van der Waals surface area contributed by atoms with E-state index in [0.717, 1.165) is 6.42 Å². The van der Waals surface area contributed by atoms with E-state index in [9.17, 15) is 9.90 Å². The van der Waals surface area contributed by atoms with Crippen molar-refractivity contribution < 1.29 is 14.6 Å². The minimum absolute atomic E-state index is 0.0467. The summed E-state index contributed by atoms with van der Waals surface area (Å²) in [5.41, 5.74) is 0. The number of aliphatic hydroxyl groups excluding tert-OH is 1. The molecule has 4 heteroatoms. The lowest BCUT2D eigenvalue weighted by atomic mass is 10.0. The average molecular weight is 297 g/mol. The van der Waals surface area contributed by atoms with Gasteiger partial charge in [0.25, 0.3) is 0 Å². The van der Waals surface area contributed by atoms with Gasteiger partial charge in [-0.2, -0.15) is 0 Å². The summed E-state index contributed by atoms with van der Waals surface area (Å²) in [4.78, 5) is 13.6. The molecule has 0 radical (unpaired) electrons. The van der Waals surface area contributed by atoms with Crippen molar-refractivity contribution in [3.05, 3.63) is 24.5 Å². The van der Waals surface area contributed by atoms with Crippen molar-refractivity contribution in [1.29, 1.82) is 0 Å². The molecule has 122 valence electrons. The normalized spacial score (nSPS) is 15.1. The molecule has 0 heterocycles. The molecule has 0 aliphatic rings. The zero-order chi connectivity index (χ0) is 16.4. The Bertz CT molecular complexity index is 340. The molecule has 0 fully saturated rings. The molecule has 0 aliphatic carbocycles. The number of amides is 1. The van der Waals surface area contributed by atoms with E-state index in [-0.39, 0.29) is 24.1 Å². The summed E-state index contributed by atoms with van der Waals surface area (Å²) in [6.45, 7) is 11.7. The molecule has 0 rings (SSSR count). The molecule has 0 aliphatic heterocycles. The second kappa shape index (κ2) is 10.4. The van der Waals surface area contributed by atoms with Gasteiger partial charge in [0.2, 0.25) is 0 Å². The summed E-state index contributed by atoms with van der Waals surface area (Å²) in [5, 5.41) is 9.96. The van der Waals surface area contributed by atoms with Crippen LogP contribution in [0.4, 0.5) is 4.79 Å². The molecule has 1 N–H and O–H groups in total.